The van der Waals surface area contributed by atoms with Gasteiger partial charge < -0.3 is 14.8 Å². The molecular weight excluding hydrogens is 506 g/mol. The second kappa shape index (κ2) is 10.0. The van der Waals surface area contributed by atoms with Gasteiger partial charge in [0.15, 0.2) is 5.78 Å². The smallest absolute Gasteiger partial charge is 0.337 e. The number of hydrogen-bond acceptors (Lipinski definition) is 5. The van der Waals surface area contributed by atoms with Gasteiger partial charge in [-0.1, -0.05) is 36.4 Å². The van der Waals surface area contributed by atoms with Crippen molar-refractivity contribution in [2.75, 3.05) is 7.11 Å². The highest BCUT2D eigenvalue weighted by molar-refractivity contribution is 9.10. The van der Waals surface area contributed by atoms with Gasteiger partial charge in [0.05, 0.1) is 17.2 Å². The highest BCUT2D eigenvalue weighted by Gasteiger charge is 2.42. The van der Waals surface area contributed by atoms with Gasteiger partial charge in [-0.15, -0.1) is 0 Å². The Hall–Kier alpha value is -2.86. The van der Waals surface area contributed by atoms with E-state index in [9.17, 15) is 9.59 Å². The van der Waals surface area contributed by atoms with Gasteiger partial charge in [0.25, 0.3) is 0 Å². The van der Waals surface area contributed by atoms with E-state index >= 15 is 0 Å². The molecule has 2 aromatic carbocycles. The van der Waals surface area contributed by atoms with E-state index in [1.54, 1.807) is 7.11 Å². The molecule has 1 heterocycles. The third-order valence-corrected chi connectivity index (χ3v) is 8.02. The fourth-order valence-corrected chi connectivity index (χ4v) is 6.25. The van der Waals surface area contributed by atoms with Gasteiger partial charge in [0.2, 0.25) is 0 Å². The summed E-state index contributed by atoms with van der Waals surface area (Å²) in [5, 5.41) is 3.44. The summed E-state index contributed by atoms with van der Waals surface area (Å²) in [5.41, 5.74) is 4.89. The van der Waals surface area contributed by atoms with Crippen molar-refractivity contribution < 1.29 is 19.1 Å². The summed E-state index contributed by atoms with van der Waals surface area (Å²) in [7, 11) is 1.62. The van der Waals surface area contributed by atoms with Crippen LogP contribution in [0.1, 0.15) is 68.4 Å². The van der Waals surface area contributed by atoms with Crippen LogP contribution in [0.25, 0.3) is 0 Å². The third kappa shape index (κ3) is 4.68. The van der Waals surface area contributed by atoms with E-state index in [4.69, 9.17) is 9.47 Å². The SMILES string of the molecule is COc1ccc([C@H]2C(C(=O)OC3CCCC3)=C(C)NC3=C2C(=O)C[C@@H](c2ccccc2)C3)cc1Br. The molecule has 1 aliphatic heterocycles. The minimum atomic E-state index is -0.480. The van der Waals surface area contributed by atoms with Crippen molar-refractivity contribution in [1.82, 2.24) is 5.32 Å². The molecule has 0 amide bonds. The number of rotatable bonds is 5. The lowest BCUT2D eigenvalue weighted by molar-refractivity contribution is -0.144. The molecule has 0 saturated heterocycles. The number of methoxy groups -OCH3 is 1. The van der Waals surface area contributed by atoms with E-state index in [0.717, 1.165) is 59.1 Å². The molecule has 0 aromatic heterocycles. The predicted molar refractivity (Wildman–Crippen MR) is 138 cm³/mol. The molecule has 1 N–H and O–H groups in total. The molecule has 3 aliphatic rings. The summed E-state index contributed by atoms with van der Waals surface area (Å²) < 4.78 is 12.1. The number of nitrogens with one attached hydrogen (secondary N) is 1. The van der Waals surface area contributed by atoms with Crippen LogP contribution in [0, 0.1) is 0 Å². The van der Waals surface area contributed by atoms with Crippen LogP contribution in [0.4, 0.5) is 0 Å². The van der Waals surface area contributed by atoms with E-state index in [-0.39, 0.29) is 23.8 Å². The van der Waals surface area contributed by atoms with Crippen LogP contribution < -0.4 is 10.1 Å². The second-order valence-electron chi connectivity index (χ2n) is 9.63. The van der Waals surface area contributed by atoms with Gasteiger partial charge in [-0.05, 0) is 84.1 Å². The molecule has 35 heavy (non-hydrogen) atoms. The Balaban J connectivity index is 1.57. The zero-order chi connectivity index (χ0) is 24.5. The van der Waals surface area contributed by atoms with Crippen LogP contribution in [0.15, 0.2) is 75.5 Å². The van der Waals surface area contributed by atoms with Gasteiger partial charge in [0, 0.05) is 29.3 Å². The lowest BCUT2D eigenvalue weighted by atomic mass is 9.71. The maximum atomic E-state index is 13.7. The summed E-state index contributed by atoms with van der Waals surface area (Å²) >= 11 is 3.59. The number of Topliss-reactive ketones (excluding diaryl/α,β-unsaturated/α-hetero) is 1. The van der Waals surface area contributed by atoms with Crippen LogP contribution in [0.2, 0.25) is 0 Å². The summed E-state index contributed by atoms with van der Waals surface area (Å²) in [6.07, 6.45) is 5.05. The Bertz CT molecular complexity index is 1210. The number of allylic oxidation sites excluding steroid dienone is 3. The first kappa shape index (κ1) is 23.9. The number of benzene rings is 2. The molecular formula is C29H30BrNO4. The lowest BCUT2D eigenvalue weighted by Crippen LogP contribution is -2.36. The van der Waals surface area contributed by atoms with Crippen molar-refractivity contribution >= 4 is 27.7 Å². The number of ether oxygens (including phenoxy) is 2. The number of carbonyl (C=O) groups excluding carboxylic acids is 2. The fraction of sp³-hybridized carbons (Fsp3) is 0.379. The standard InChI is InChI=1S/C29H30BrNO4/c1-17-26(29(33)35-21-10-6-7-11-21)27(19-12-13-25(34-2)22(30)14-19)28-23(31-17)15-20(16-24(28)32)18-8-4-3-5-9-18/h3-5,8-9,12-14,20-21,27,31H,6-7,10-11,15-16H2,1-2H3/t20-,27-/m0/s1. The molecule has 5 rings (SSSR count). The molecule has 0 radical (unpaired) electrons. The topological polar surface area (TPSA) is 64.6 Å². The number of esters is 1. The first-order valence-corrected chi connectivity index (χ1v) is 13.1. The van der Waals surface area contributed by atoms with Crippen molar-refractivity contribution in [1.29, 1.82) is 0 Å². The molecule has 6 heteroatoms. The van der Waals surface area contributed by atoms with Crippen LogP contribution >= 0.6 is 15.9 Å². The highest BCUT2D eigenvalue weighted by atomic mass is 79.9. The molecule has 0 spiro atoms. The third-order valence-electron chi connectivity index (χ3n) is 7.40. The molecule has 0 bridgehead atoms. The molecule has 1 saturated carbocycles. The molecule has 2 aliphatic carbocycles. The summed E-state index contributed by atoms with van der Waals surface area (Å²) in [6.45, 7) is 1.91. The highest BCUT2D eigenvalue weighted by Crippen LogP contribution is 2.47. The van der Waals surface area contributed by atoms with Crippen LogP contribution in [0.3, 0.4) is 0 Å². The van der Waals surface area contributed by atoms with Gasteiger partial charge in [-0.25, -0.2) is 4.79 Å². The Labute approximate surface area is 214 Å². The van der Waals surface area contributed by atoms with E-state index in [0.29, 0.717) is 23.3 Å². The van der Waals surface area contributed by atoms with Crippen LogP contribution in [-0.4, -0.2) is 25.0 Å². The number of dihydropyridines is 1. The molecule has 2 aromatic rings. The van der Waals surface area contributed by atoms with Crippen molar-refractivity contribution in [2.45, 2.75) is 63.4 Å². The van der Waals surface area contributed by atoms with E-state index in [1.807, 2.05) is 43.3 Å². The van der Waals surface area contributed by atoms with Crippen molar-refractivity contribution in [3.63, 3.8) is 0 Å². The van der Waals surface area contributed by atoms with Crippen LogP contribution in [-0.2, 0) is 14.3 Å². The summed E-state index contributed by atoms with van der Waals surface area (Å²) in [4.78, 5) is 27.2. The van der Waals surface area contributed by atoms with Gasteiger partial charge in [0.1, 0.15) is 11.9 Å². The Morgan fingerprint density at radius 2 is 1.77 bits per heavy atom. The average Bonchev–Trinajstić information content (AvgIpc) is 3.36. The number of ketones is 1. The zero-order valence-electron chi connectivity index (χ0n) is 20.1. The fourth-order valence-electron chi connectivity index (χ4n) is 5.69. The molecule has 0 unspecified atom stereocenters. The van der Waals surface area contributed by atoms with E-state index < -0.39 is 5.92 Å². The normalized spacial score (nSPS) is 22.7. The van der Waals surface area contributed by atoms with Gasteiger partial charge in [-0.3, -0.25) is 4.79 Å². The number of carbonyl (C=O) groups is 2. The van der Waals surface area contributed by atoms with Crippen molar-refractivity contribution in [3.05, 3.63) is 86.7 Å². The minimum absolute atomic E-state index is 0.0500. The second-order valence-corrected chi connectivity index (χ2v) is 10.5. The van der Waals surface area contributed by atoms with E-state index in [2.05, 4.69) is 33.4 Å². The largest absolute Gasteiger partial charge is 0.496 e. The lowest BCUT2D eigenvalue weighted by Gasteiger charge is -2.37. The Morgan fingerprint density at radius 1 is 1.03 bits per heavy atom. The Kier molecular flexibility index (Phi) is 6.83. The molecule has 2 atom stereocenters. The zero-order valence-corrected chi connectivity index (χ0v) is 21.7. The molecule has 182 valence electrons. The first-order chi connectivity index (χ1) is 17.0. The molecule has 1 fully saturated rings. The number of hydrogen-bond donors (Lipinski definition) is 1. The monoisotopic (exact) mass is 535 g/mol. The van der Waals surface area contributed by atoms with Crippen molar-refractivity contribution in [2.24, 2.45) is 0 Å². The van der Waals surface area contributed by atoms with Crippen molar-refractivity contribution in [3.8, 4) is 5.75 Å². The predicted octanol–water partition coefficient (Wildman–Crippen LogP) is 6.31. The summed E-state index contributed by atoms with van der Waals surface area (Å²) in [5.74, 6) is 0.0722. The summed E-state index contributed by atoms with van der Waals surface area (Å²) in [6, 6.07) is 15.9. The minimum Gasteiger partial charge on any atom is -0.496 e. The average molecular weight is 536 g/mol. The van der Waals surface area contributed by atoms with Crippen LogP contribution in [0.5, 0.6) is 5.75 Å². The molecule has 5 nitrogen and oxygen atoms in total. The maximum Gasteiger partial charge on any atom is 0.337 e. The van der Waals surface area contributed by atoms with Gasteiger partial charge in [-0.2, -0.15) is 0 Å². The number of halogens is 1. The Morgan fingerprint density at radius 3 is 2.46 bits per heavy atom. The first-order valence-electron chi connectivity index (χ1n) is 12.3. The quantitative estimate of drug-likeness (QED) is 0.454. The van der Waals surface area contributed by atoms with Gasteiger partial charge >= 0.3 is 5.97 Å². The maximum absolute atomic E-state index is 13.7. The van der Waals surface area contributed by atoms with E-state index in [1.165, 1.54) is 0 Å².